The summed E-state index contributed by atoms with van der Waals surface area (Å²) in [4.78, 5) is 16.5. The molecule has 1 amide bonds. The van der Waals surface area contributed by atoms with Gasteiger partial charge in [-0.25, -0.2) is 0 Å². The Labute approximate surface area is 105 Å². The quantitative estimate of drug-likeness (QED) is 0.796. The molecule has 17 heavy (non-hydrogen) atoms. The molecule has 0 bridgehead atoms. The number of rotatable bonds is 4. The van der Waals surface area contributed by atoms with Crippen LogP contribution < -0.4 is 5.73 Å². The van der Waals surface area contributed by atoms with Crippen LogP contribution in [0.3, 0.4) is 0 Å². The Balaban J connectivity index is 2.58. The standard InChI is InChI=1S/C13H27N3O/c1-5-10(3)12(14)13(17)16-8-7-15(4)11(6-2)9-16/h10-12H,5-9,14H2,1-4H3/t10-,11?,12-/m0/s1. The molecule has 4 heteroatoms. The Bertz CT molecular complexity index is 257. The van der Waals surface area contributed by atoms with Crippen molar-refractivity contribution in [2.75, 3.05) is 26.7 Å². The van der Waals surface area contributed by atoms with Gasteiger partial charge >= 0.3 is 0 Å². The second-order valence-corrected chi connectivity index (χ2v) is 5.24. The predicted octanol–water partition coefficient (Wildman–Crippen LogP) is 0.912. The van der Waals surface area contributed by atoms with Crippen molar-refractivity contribution in [1.29, 1.82) is 0 Å². The van der Waals surface area contributed by atoms with Gasteiger partial charge in [-0.3, -0.25) is 9.69 Å². The van der Waals surface area contributed by atoms with Crippen LogP contribution in [0.25, 0.3) is 0 Å². The molecule has 0 saturated carbocycles. The molecule has 0 aromatic rings. The van der Waals surface area contributed by atoms with Gasteiger partial charge in [-0.05, 0) is 19.4 Å². The Morgan fingerprint density at radius 3 is 2.59 bits per heavy atom. The van der Waals surface area contributed by atoms with E-state index in [2.05, 4.69) is 32.7 Å². The average molecular weight is 241 g/mol. The summed E-state index contributed by atoms with van der Waals surface area (Å²) in [6.07, 6.45) is 2.04. The van der Waals surface area contributed by atoms with Crippen LogP contribution in [0.5, 0.6) is 0 Å². The van der Waals surface area contributed by atoms with Crippen molar-refractivity contribution in [3.63, 3.8) is 0 Å². The Morgan fingerprint density at radius 1 is 1.41 bits per heavy atom. The summed E-state index contributed by atoms with van der Waals surface area (Å²) in [5, 5.41) is 0. The van der Waals surface area contributed by atoms with Crippen LogP contribution in [0.2, 0.25) is 0 Å². The first kappa shape index (κ1) is 14.5. The van der Waals surface area contributed by atoms with Gasteiger partial charge in [0.05, 0.1) is 6.04 Å². The van der Waals surface area contributed by atoms with E-state index in [0.717, 1.165) is 32.5 Å². The first-order valence-corrected chi connectivity index (χ1v) is 6.75. The van der Waals surface area contributed by atoms with Gasteiger partial charge < -0.3 is 10.6 Å². The van der Waals surface area contributed by atoms with E-state index < -0.39 is 0 Å². The van der Waals surface area contributed by atoms with Gasteiger partial charge in [-0.2, -0.15) is 0 Å². The number of piperazine rings is 1. The third-order valence-corrected chi connectivity index (χ3v) is 4.10. The number of amides is 1. The first-order chi connectivity index (χ1) is 8.01. The minimum Gasteiger partial charge on any atom is -0.338 e. The fourth-order valence-corrected chi connectivity index (χ4v) is 2.30. The molecular weight excluding hydrogens is 214 g/mol. The summed E-state index contributed by atoms with van der Waals surface area (Å²) in [7, 11) is 2.13. The van der Waals surface area contributed by atoms with Crippen molar-refractivity contribution in [2.24, 2.45) is 11.7 Å². The molecule has 4 nitrogen and oxygen atoms in total. The van der Waals surface area contributed by atoms with Gasteiger partial charge in [0.15, 0.2) is 0 Å². The molecule has 0 radical (unpaired) electrons. The minimum absolute atomic E-state index is 0.130. The molecule has 1 saturated heterocycles. The smallest absolute Gasteiger partial charge is 0.239 e. The zero-order chi connectivity index (χ0) is 13.0. The summed E-state index contributed by atoms with van der Waals surface area (Å²) in [5.74, 6) is 0.396. The van der Waals surface area contributed by atoms with E-state index in [1.807, 2.05) is 4.90 Å². The van der Waals surface area contributed by atoms with Crippen molar-refractivity contribution in [3.8, 4) is 0 Å². The second kappa shape index (κ2) is 6.36. The van der Waals surface area contributed by atoms with E-state index in [1.165, 1.54) is 0 Å². The van der Waals surface area contributed by atoms with Crippen molar-refractivity contribution in [3.05, 3.63) is 0 Å². The molecule has 0 aliphatic carbocycles. The first-order valence-electron chi connectivity index (χ1n) is 6.75. The fourth-order valence-electron chi connectivity index (χ4n) is 2.30. The molecule has 100 valence electrons. The number of nitrogens with zero attached hydrogens (tertiary/aromatic N) is 2. The molecular formula is C13H27N3O. The molecule has 0 aromatic carbocycles. The van der Waals surface area contributed by atoms with Gasteiger partial charge in [0.25, 0.3) is 0 Å². The number of likely N-dealkylation sites (N-methyl/N-ethyl adjacent to an activating group) is 1. The zero-order valence-corrected chi connectivity index (χ0v) is 11.6. The zero-order valence-electron chi connectivity index (χ0n) is 11.6. The Morgan fingerprint density at radius 2 is 2.06 bits per heavy atom. The Kier molecular flexibility index (Phi) is 5.40. The predicted molar refractivity (Wildman–Crippen MR) is 70.7 cm³/mol. The molecule has 1 heterocycles. The highest BCUT2D eigenvalue weighted by Gasteiger charge is 2.30. The van der Waals surface area contributed by atoms with Crippen molar-refractivity contribution < 1.29 is 4.79 Å². The summed E-state index contributed by atoms with van der Waals surface area (Å²) in [5.41, 5.74) is 6.02. The van der Waals surface area contributed by atoms with Gasteiger partial charge in [0.2, 0.25) is 5.91 Å². The number of carbonyl (C=O) groups excluding carboxylic acids is 1. The maximum absolute atomic E-state index is 12.2. The molecule has 0 aromatic heterocycles. The van der Waals surface area contributed by atoms with Crippen LogP contribution in [0, 0.1) is 5.92 Å². The molecule has 1 unspecified atom stereocenters. The third kappa shape index (κ3) is 3.42. The van der Waals surface area contributed by atoms with Crippen LogP contribution >= 0.6 is 0 Å². The average Bonchev–Trinajstić information content (AvgIpc) is 2.36. The van der Waals surface area contributed by atoms with Crippen molar-refractivity contribution >= 4 is 5.91 Å². The van der Waals surface area contributed by atoms with E-state index in [-0.39, 0.29) is 17.9 Å². The summed E-state index contributed by atoms with van der Waals surface area (Å²) in [6.45, 7) is 8.90. The molecule has 2 N–H and O–H groups in total. The molecule has 0 spiro atoms. The number of hydrogen-bond acceptors (Lipinski definition) is 3. The molecule has 1 aliphatic heterocycles. The summed E-state index contributed by atoms with van der Waals surface area (Å²) < 4.78 is 0. The highest BCUT2D eigenvalue weighted by Crippen LogP contribution is 2.14. The van der Waals surface area contributed by atoms with Gasteiger partial charge in [0.1, 0.15) is 0 Å². The SMILES string of the molecule is CCC1CN(C(=O)[C@@H](N)[C@@H](C)CC)CCN1C. The highest BCUT2D eigenvalue weighted by atomic mass is 16.2. The molecule has 1 rings (SSSR count). The van der Waals surface area contributed by atoms with Crippen molar-refractivity contribution in [1.82, 2.24) is 9.80 Å². The topological polar surface area (TPSA) is 49.6 Å². The van der Waals surface area contributed by atoms with Gasteiger partial charge in [-0.1, -0.05) is 27.2 Å². The molecule has 1 fully saturated rings. The lowest BCUT2D eigenvalue weighted by molar-refractivity contribution is -0.136. The lowest BCUT2D eigenvalue weighted by Gasteiger charge is -2.40. The van der Waals surface area contributed by atoms with Gasteiger partial charge in [0, 0.05) is 25.7 Å². The van der Waals surface area contributed by atoms with E-state index >= 15 is 0 Å². The number of hydrogen-bond donors (Lipinski definition) is 1. The highest BCUT2D eigenvalue weighted by molar-refractivity contribution is 5.82. The van der Waals surface area contributed by atoms with E-state index in [0.29, 0.717) is 6.04 Å². The fraction of sp³-hybridized carbons (Fsp3) is 0.923. The largest absolute Gasteiger partial charge is 0.338 e. The lowest BCUT2D eigenvalue weighted by atomic mass is 9.98. The Hall–Kier alpha value is -0.610. The monoisotopic (exact) mass is 241 g/mol. The van der Waals surface area contributed by atoms with Crippen LogP contribution in [-0.4, -0.2) is 54.5 Å². The van der Waals surface area contributed by atoms with Crippen LogP contribution in [-0.2, 0) is 4.79 Å². The van der Waals surface area contributed by atoms with Gasteiger partial charge in [-0.15, -0.1) is 0 Å². The number of carbonyl (C=O) groups is 1. The van der Waals surface area contributed by atoms with Crippen molar-refractivity contribution in [2.45, 2.75) is 45.7 Å². The normalized spacial score (nSPS) is 25.7. The molecule has 3 atom stereocenters. The van der Waals surface area contributed by atoms with Crippen LogP contribution in [0.1, 0.15) is 33.6 Å². The van der Waals surface area contributed by atoms with E-state index in [4.69, 9.17) is 5.73 Å². The van der Waals surface area contributed by atoms with Crippen LogP contribution in [0.4, 0.5) is 0 Å². The lowest BCUT2D eigenvalue weighted by Crippen LogP contribution is -2.57. The maximum atomic E-state index is 12.2. The van der Waals surface area contributed by atoms with Crippen LogP contribution in [0.15, 0.2) is 0 Å². The minimum atomic E-state index is -0.332. The summed E-state index contributed by atoms with van der Waals surface area (Å²) >= 11 is 0. The maximum Gasteiger partial charge on any atom is 0.239 e. The van der Waals surface area contributed by atoms with E-state index in [9.17, 15) is 4.79 Å². The molecule has 1 aliphatic rings. The summed E-state index contributed by atoms with van der Waals surface area (Å²) in [6, 6.07) is 0.151. The number of nitrogens with two attached hydrogens (primary N) is 1. The third-order valence-electron chi connectivity index (χ3n) is 4.10. The van der Waals surface area contributed by atoms with E-state index in [1.54, 1.807) is 0 Å². The second-order valence-electron chi connectivity index (χ2n) is 5.24.